The van der Waals surface area contributed by atoms with Crippen LogP contribution in [0.3, 0.4) is 0 Å². The first-order valence-corrected chi connectivity index (χ1v) is 9.74. The molecule has 0 aromatic rings. The van der Waals surface area contributed by atoms with Crippen LogP contribution in [-0.2, 0) is 19.1 Å². The predicted octanol–water partition coefficient (Wildman–Crippen LogP) is 1.44. The van der Waals surface area contributed by atoms with E-state index in [4.69, 9.17) is 4.74 Å². The third-order valence-electron chi connectivity index (χ3n) is 5.05. The summed E-state index contributed by atoms with van der Waals surface area (Å²) in [6.45, 7) is 9.51. The average Bonchev–Trinajstić information content (AvgIpc) is 2.63. The molecule has 7 heteroatoms. The number of rotatable bonds is 8. The number of nitrogens with one attached hydrogen (secondary N) is 1. The van der Waals surface area contributed by atoms with Crippen molar-refractivity contribution in [3.63, 3.8) is 0 Å². The number of nitrogens with zero attached hydrogens (tertiary/aromatic N) is 2. The first-order valence-electron chi connectivity index (χ1n) is 9.74. The fourth-order valence-corrected chi connectivity index (χ4v) is 3.19. The van der Waals surface area contributed by atoms with E-state index < -0.39 is 0 Å². The molecule has 27 heavy (non-hydrogen) atoms. The van der Waals surface area contributed by atoms with E-state index in [1.54, 1.807) is 31.9 Å². The summed E-state index contributed by atoms with van der Waals surface area (Å²) in [6.07, 6.45) is 3.41. The first kappa shape index (κ1) is 23.1. The van der Waals surface area contributed by atoms with Gasteiger partial charge in [-0.15, -0.1) is 0 Å². The minimum absolute atomic E-state index is 0.0221. The number of ether oxygens (including phenoxy) is 1. The zero-order chi connectivity index (χ0) is 20.6. The second kappa shape index (κ2) is 11.1. The second-order valence-electron chi connectivity index (χ2n) is 7.60. The van der Waals surface area contributed by atoms with Gasteiger partial charge in [0.2, 0.25) is 11.8 Å². The van der Waals surface area contributed by atoms with Crippen LogP contribution in [0.15, 0.2) is 11.6 Å². The molecule has 1 saturated heterocycles. The molecular weight excluding hydrogens is 346 g/mol. The Morgan fingerprint density at radius 1 is 1.26 bits per heavy atom. The van der Waals surface area contributed by atoms with Crippen LogP contribution in [0.2, 0.25) is 0 Å². The van der Waals surface area contributed by atoms with Gasteiger partial charge in [-0.1, -0.05) is 19.9 Å². The molecule has 1 heterocycles. The fourth-order valence-electron chi connectivity index (χ4n) is 3.19. The van der Waals surface area contributed by atoms with Gasteiger partial charge in [-0.05, 0) is 52.7 Å². The van der Waals surface area contributed by atoms with Crippen LogP contribution >= 0.6 is 0 Å². The summed E-state index contributed by atoms with van der Waals surface area (Å²) < 4.78 is 5.01. The quantitative estimate of drug-likeness (QED) is 0.508. The molecular formula is C20H35N3O4. The van der Waals surface area contributed by atoms with Crippen LogP contribution in [0.5, 0.6) is 0 Å². The lowest BCUT2D eigenvalue weighted by Gasteiger charge is -2.30. The number of likely N-dealkylation sites (tertiary alicyclic amines) is 1. The van der Waals surface area contributed by atoms with Gasteiger partial charge in [-0.3, -0.25) is 9.59 Å². The van der Waals surface area contributed by atoms with Crippen LogP contribution in [0, 0.1) is 11.8 Å². The van der Waals surface area contributed by atoms with E-state index in [0.29, 0.717) is 12.2 Å². The smallest absolute Gasteiger partial charge is 0.333 e. The first-order chi connectivity index (χ1) is 12.7. The molecule has 0 spiro atoms. The molecule has 1 aliphatic rings. The lowest BCUT2D eigenvalue weighted by molar-refractivity contribution is -0.138. The summed E-state index contributed by atoms with van der Waals surface area (Å²) in [7, 11) is 3.74. The molecule has 0 unspecified atom stereocenters. The van der Waals surface area contributed by atoms with Gasteiger partial charge in [0, 0.05) is 18.5 Å². The number of carbonyl (C=O) groups excluding carboxylic acids is 3. The highest BCUT2D eigenvalue weighted by Crippen LogP contribution is 2.16. The largest absolute Gasteiger partial charge is 0.463 e. The molecule has 2 amide bonds. The Bertz CT molecular complexity index is 551. The normalized spacial score (nSPS) is 17.5. The number of piperidine rings is 1. The van der Waals surface area contributed by atoms with Crippen LogP contribution in [0.4, 0.5) is 0 Å². The van der Waals surface area contributed by atoms with Gasteiger partial charge in [-0.25, -0.2) is 4.79 Å². The van der Waals surface area contributed by atoms with E-state index in [1.165, 1.54) is 0 Å². The highest BCUT2D eigenvalue weighted by atomic mass is 16.5. The number of carbonyl (C=O) groups is 3. The fraction of sp³-hybridized carbons (Fsp3) is 0.750. The molecule has 0 bridgehead atoms. The molecule has 154 valence electrons. The maximum atomic E-state index is 12.6. The van der Waals surface area contributed by atoms with Crippen LogP contribution in [-0.4, -0.2) is 74.0 Å². The van der Waals surface area contributed by atoms with Crippen molar-refractivity contribution in [1.82, 2.24) is 15.1 Å². The number of amides is 2. The van der Waals surface area contributed by atoms with Crippen molar-refractivity contribution in [3.05, 3.63) is 11.6 Å². The number of esters is 1. The van der Waals surface area contributed by atoms with E-state index in [1.807, 2.05) is 20.9 Å². The van der Waals surface area contributed by atoms with Crippen LogP contribution in [0.25, 0.3) is 0 Å². The topological polar surface area (TPSA) is 79.0 Å². The molecule has 1 N–H and O–H groups in total. The SMILES string of the molecule is CCOC(=O)/C(C)=C/[C@H](C(C)C)N(C)C(=O)CNC(=O)C1CCN(C)CC1. The number of hydrogen-bond donors (Lipinski definition) is 1. The molecule has 1 fully saturated rings. The van der Waals surface area contributed by atoms with Gasteiger partial charge in [0.1, 0.15) is 0 Å². The minimum atomic E-state index is -0.375. The van der Waals surface area contributed by atoms with Crippen LogP contribution < -0.4 is 5.32 Å². The molecule has 1 atom stereocenters. The van der Waals surface area contributed by atoms with Crippen molar-refractivity contribution < 1.29 is 19.1 Å². The van der Waals surface area contributed by atoms with Crippen molar-refractivity contribution in [2.24, 2.45) is 11.8 Å². The molecule has 0 aromatic carbocycles. The Kier molecular flexibility index (Phi) is 9.49. The standard InChI is InChI=1S/C20H35N3O4/c1-7-27-20(26)15(4)12-17(14(2)3)23(6)18(24)13-21-19(25)16-8-10-22(5)11-9-16/h12,14,16-17H,7-11,13H2,1-6H3,(H,21,25)/b15-12+/t17-/m1/s1. The summed E-state index contributed by atoms with van der Waals surface area (Å²) in [5.74, 6) is -0.509. The van der Waals surface area contributed by atoms with E-state index in [0.717, 1.165) is 25.9 Å². The lowest BCUT2D eigenvalue weighted by Crippen LogP contribution is -2.46. The van der Waals surface area contributed by atoms with Crippen molar-refractivity contribution in [1.29, 1.82) is 0 Å². The third kappa shape index (κ3) is 7.33. The van der Waals surface area contributed by atoms with Gasteiger partial charge in [0.25, 0.3) is 0 Å². The van der Waals surface area contributed by atoms with E-state index >= 15 is 0 Å². The van der Waals surface area contributed by atoms with Gasteiger partial charge >= 0.3 is 5.97 Å². The zero-order valence-corrected chi connectivity index (χ0v) is 17.6. The maximum Gasteiger partial charge on any atom is 0.333 e. The summed E-state index contributed by atoms with van der Waals surface area (Å²) in [5.41, 5.74) is 0.477. The Morgan fingerprint density at radius 2 is 1.85 bits per heavy atom. The summed E-state index contributed by atoms with van der Waals surface area (Å²) in [4.78, 5) is 40.5. The van der Waals surface area contributed by atoms with E-state index in [-0.39, 0.29) is 42.2 Å². The Hall–Kier alpha value is -1.89. The summed E-state index contributed by atoms with van der Waals surface area (Å²) >= 11 is 0. The Balaban J connectivity index is 2.64. The summed E-state index contributed by atoms with van der Waals surface area (Å²) in [6, 6.07) is -0.248. The monoisotopic (exact) mass is 381 g/mol. The Labute approximate surface area is 163 Å². The molecule has 0 aromatic heterocycles. The maximum absolute atomic E-state index is 12.6. The van der Waals surface area contributed by atoms with Gasteiger partial charge in [-0.2, -0.15) is 0 Å². The molecule has 0 radical (unpaired) electrons. The molecule has 1 aliphatic heterocycles. The zero-order valence-electron chi connectivity index (χ0n) is 17.6. The second-order valence-corrected chi connectivity index (χ2v) is 7.60. The van der Waals surface area contributed by atoms with Gasteiger partial charge in [0.05, 0.1) is 19.2 Å². The van der Waals surface area contributed by atoms with Crippen molar-refractivity contribution in [2.45, 2.75) is 46.6 Å². The van der Waals surface area contributed by atoms with E-state index in [2.05, 4.69) is 10.2 Å². The van der Waals surface area contributed by atoms with Crippen molar-refractivity contribution in [3.8, 4) is 0 Å². The molecule has 7 nitrogen and oxygen atoms in total. The summed E-state index contributed by atoms with van der Waals surface area (Å²) in [5, 5.41) is 2.78. The third-order valence-corrected chi connectivity index (χ3v) is 5.05. The average molecular weight is 382 g/mol. The van der Waals surface area contributed by atoms with Crippen LogP contribution in [0.1, 0.15) is 40.5 Å². The van der Waals surface area contributed by atoms with Crippen molar-refractivity contribution in [2.75, 3.05) is 40.3 Å². The number of likely N-dealkylation sites (N-methyl/N-ethyl adjacent to an activating group) is 1. The van der Waals surface area contributed by atoms with E-state index in [9.17, 15) is 14.4 Å². The van der Waals surface area contributed by atoms with Gasteiger partial charge < -0.3 is 19.9 Å². The van der Waals surface area contributed by atoms with Gasteiger partial charge in [0.15, 0.2) is 0 Å². The highest BCUT2D eigenvalue weighted by molar-refractivity contribution is 5.88. The van der Waals surface area contributed by atoms with Crippen molar-refractivity contribution >= 4 is 17.8 Å². The lowest BCUT2D eigenvalue weighted by atomic mass is 9.96. The molecule has 0 aliphatic carbocycles. The highest BCUT2D eigenvalue weighted by Gasteiger charge is 2.26. The molecule has 0 saturated carbocycles. The predicted molar refractivity (Wildman–Crippen MR) is 105 cm³/mol. The minimum Gasteiger partial charge on any atom is -0.463 e. The Morgan fingerprint density at radius 3 is 2.37 bits per heavy atom. The number of hydrogen-bond acceptors (Lipinski definition) is 5. The molecule has 1 rings (SSSR count).